The molecule has 0 aliphatic heterocycles. The smallest absolute Gasteiger partial charge is 0.329 e. The molecule has 0 bridgehead atoms. The van der Waals surface area contributed by atoms with Crippen molar-refractivity contribution in [1.29, 1.82) is 0 Å². The van der Waals surface area contributed by atoms with Gasteiger partial charge in [-0.05, 0) is 43.2 Å². The van der Waals surface area contributed by atoms with Gasteiger partial charge in [-0.15, -0.1) is 0 Å². The van der Waals surface area contributed by atoms with Gasteiger partial charge in [0, 0.05) is 6.54 Å². The summed E-state index contributed by atoms with van der Waals surface area (Å²) in [6.45, 7) is 3.94. The maximum atomic E-state index is 12.1. The van der Waals surface area contributed by atoms with Crippen LogP contribution in [0.3, 0.4) is 0 Å². The number of hydrogen-bond donors (Lipinski definition) is 3. The molecule has 1 aromatic heterocycles. The van der Waals surface area contributed by atoms with E-state index in [0.29, 0.717) is 30.0 Å². The van der Waals surface area contributed by atoms with Crippen molar-refractivity contribution in [3.8, 4) is 0 Å². The lowest BCUT2D eigenvalue weighted by Gasteiger charge is -2.07. The Hall–Kier alpha value is -2.98. The summed E-state index contributed by atoms with van der Waals surface area (Å²) < 4.78 is 31.7. The Balaban J connectivity index is 1.93. The average Bonchev–Trinajstić information content (AvgIpc) is 3.22. The first-order chi connectivity index (χ1) is 13.3. The summed E-state index contributed by atoms with van der Waals surface area (Å²) in [5.74, 6) is -1.26. The number of carbonyl (C=O) groups is 2. The third-order valence-corrected chi connectivity index (χ3v) is 5.14. The molecule has 0 unspecified atom stereocenters. The quantitative estimate of drug-likeness (QED) is 0.344. The number of amides is 2. The number of benzene rings is 1. The number of nitrogens with one attached hydrogen (secondary N) is 3. The molecule has 2 amide bonds. The molecule has 0 aliphatic carbocycles. The van der Waals surface area contributed by atoms with E-state index in [0.717, 1.165) is 0 Å². The lowest BCUT2D eigenvalue weighted by atomic mass is 10.1. The summed E-state index contributed by atoms with van der Waals surface area (Å²) in [6, 6.07) is 9.38. The Morgan fingerprint density at radius 1 is 1.11 bits per heavy atom. The summed E-state index contributed by atoms with van der Waals surface area (Å²) in [4.78, 5) is 23.6. The molecule has 2 rings (SSSR count). The van der Waals surface area contributed by atoms with Gasteiger partial charge < -0.3 is 9.73 Å². The fourth-order valence-corrected chi connectivity index (χ4v) is 3.24. The molecule has 9 nitrogen and oxygen atoms in total. The first-order valence-electron chi connectivity index (χ1n) is 8.58. The van der Waals surface area contributed by atoms with Crippen LogP contribution in [0.4, 0.5) is 0 Å². The summed E-state index contributed by atoms with van der Waals surface area (Å²) in [5, 5.41) is 6.27. The molecule has 0 atom stereocenters. The van der Waals surface area contributed by atoms with Crippen LogP contribution < -0.4 is 15.5 Å². The molecular weight excluding hydrogens is 384 g/mol. The zero-order valence-corrected chi connectivity index (χ0v) is 16.4. The van der Waals surface area contributed by atoms with E-state index in [1.54, 1.807) is 31.2 Å². The van der Waals surface area contributed by atoms with Gasteiger partial charge >= 0.3 is 11.8 Å². The van der Waals surface area contributed by atoms with Gasteiger partial charge in [0.15, 0.2) is 0 Å². The zero-order valence-electron chi connectivity index (χ0n) is 15.6. The highest BCUT2D eigenvalue weighted by Crippen LogP contribution is 2.11. The first kappa shape index (κ1) is 21.3. The van der Waals surface area contributed by atoms with Crippen molar-refractivity contribution in [2.45, 2.75) is 31.7 Å². The minimum Gasteiger partial charge on any atom is -0.467 e. The standard InChI is InChI=1S/C18H22N4O5S/c1-3-10-20-28(25,26)16-8-6-14(7-9-16)13(2)21-22-18(24)17(23)19-12-15-5-4-11-27-15/h4-9,11,20H,3,10,12H2,1-2H3,(H,19,23)(H,22,24)/b21-13-. The second-order valence-electron chi connectivity index (χ2n) is 5.82. The largest absolute Gasteiger partial charge is 0.467 e. The Morgan fingerprint density at radius 3 is 2.43 bits per heavy atom. The maximum absolute atomic E-state index is 12.1. The van der Waals surface area contributed by atoms with E-state index in [4.69, 9.17) is 4.42 Å². The molecule has 0 radical (unpaired) electrons. The van der Waals surface area contributed by atoms with Crippen LogP contribution in [0.1, 0.15) is 31.6 Å². The third kappa shape index (κ3) is 6.03. The number of hydrazone groups is 1. The number of nitrogens with zero attached hydrogens (tertiary/aromatic N) is 1. The highest BCUT2D eigenvalue weighted by atomic mass is 32.2. The van der Waals surface area contributed by atoms with E-state index >= 15 is 0 Å². The highest BCUT2D eigenvalue weighted by Gasteiger charge is 2.14. The van der Waals surface area contributed by atoms with Crippen molar-refractivity contribution in [3.63, 3.8) is 0 Å². The van der Waals surface area contributed by atoms with Crippen LogP contribution >= 0.6 is 0 Å². The van der Waals surface area contributed by atoms with Crippen LogP contribution in [0.25, 0.3) is 0 Å². The number of furan rings is 1. The minimum atomic E-state index is -3.55. The lowest BCUT2D eigenvalue weighted by molar-refractivity contribution is -0.139. The molecule has 2 aromatic rings. The topological polar surface area (TPSA) is 130 Å². The van der Waals surface area contributed by atoms with Crippen molar-refractivity contribution in [2.24, 2.45) is 5.10 Å². The molecule has 1 aromatic carbocycles. The van der Waals surface area contributed by atoms with Gasteiger partial charge in [-0.1, -0.05) is 19.1 Å². The molecular formula is C18H22N4O5S. The molecule has 0 aliphatic rings. The summed E-state index contributed by atoms with van der Waals surface area (Å²) in [7, 11) is -3.55. The van der Waals surface area contributed by atoms with E-state index < -0.39 is 21.8 Å². The van der Waals surface area contributed by atoms with E-state index in [9.17, 15) is 18.0 Å². The molecule has 0 saturated heterocycles. The van der Waals surface area contributed by atoms with Gasteiger partial charge in [0.1, 0.15) is 5.76 Å². The molecule has 150 valence electrons. The fraction of sp³-hybridized carbons (Fsp3) is 0.278. The van der Waals surface area contributed by atoms with Crippen LogP contribution in [0.5, 0.6) is 0 Å². The Bertz CT molecular complexity index is 935. The molecule has 28 heavy (non-hydrogen) atoms. The van der Waals surface area contributed by atoms with Crippen molar-refractivity contribution in [3.05, 3.63) is 54.0 Å². The van der Waals surface area contributed by atoms with Crippen LogP contribution in [0.15, 0.2) is 57.1 Å². The number of carbonyl (C=O) groups excluding carboxylic acids is 2. The number of hydrogen-bond acceptors (Lipinski definition) is 6. The number of rotatable bonds is 8. The van der Waals surface area contributed by atoms with Crippen molar-refractivity contribution < 1.29 is 22.4 Å². The Morgan fingerprint density at radius 2 is 1.82 bits per heavy atom. The van der Waals surface area contributed by atoms with Crippen LogP contribution in [0.2, 0.25) is 0 Å². The van der Waals surface area contributed by atoms with Crippen LogP contribution in [0, 0.1) is 0 Å². The van der Waals surface area contributed by atoms with Crippen LogP contribution in [-0.4, -0.2) is 32.5 Å². The maximum Gasteiger partial charge on any atom is 0.329 e. The van der Waals surface area contributed by atoms with Crippen molar-refractivity contribution in [2.75, 3.05) is 6.54 Å². The predicted molar refractivity (Wildman–Crippen MR) is 103 cm³/mol. The second kappa shape index (κ2) is 9.81. The predicted octanol–water partition coefficient (Wildman–Crippen LogP) is 1.12. The second-order valence-corrected chi connectivity index (χ2v) is 7.59. The lowest BCUT2D eigenvalue weighted by Crippen LogP contribution is -2.37. The summed E-state index contributed by atoms with van der Waals surface area (Å²) in [5.41, 5.74) is 3.18. The first-order valence-corrected chi connectivity index (χ1v) is 10.1. The average molecular weight is 406 g/mol. The Labute approximate surface area is 163 Å². The van der Waals surface area contributed by atoms with Gasteiger partial charge in [0.05, 0.1) is 23.4 Å². The third-order valence-electron chi connectivity index (χ3n) is 3.66. The van der Waals surface area contributed by atoms with E-state index in [-0.39, 0.29) is 11.4 Å². The van der Waals surface area contributed by atoms with Crippen LogP contribution in [-0.2, 0) is 26.2 Å². The summed E-state index contributed by atoms with van der Waals surface area (Å²) in [6.07, 6.45) is 2.16. The van der Waals surface area contributed by atoms with E-state index in [2.05, 4.69) is 20.6 Å². The number of sulfonamides is 1. The molecule has 10 heteroatoms. The van der Waals surface area contributed by atoms with Gasteiger partial charge in [0.2, 0.25) is 10.0 Å². The fourth-order valence-electron chi connectivity index (χ4n) is 2.11. The van der Waals surface area contributed by atoms with Gasteiger partial charge in [-0.25, -0.2) is 18.6 Å². The molecule has 3 N–H and O–H groups in total. The molecule has 0 spiro atoms. The Kier molecular flexibility index (Phi) is 7.47. The molecule has 0 fully saturated rings. The SMILES string of the molecule is CCCNS(=O)(=O)c1ccc(/C(C)=N\NC(=O)C(=O)NCc2ccco2)cc1. The van der Waals surface area contributed by atoms with Crippen molar-refractivity contribution >= 4 is 27.5 Å². The highest BCUT2D eigenvalue weighted by molar-refractivity contribution is 7.89. The van der Waals surface area contributed by atoms with Gasteiger partial charge in [-0.3, -0.25) is 9.59 Å². The summed E-state index contributed by atoms with van der Waals surface area (Å²) >= 11 is 0. The van der Waals surface area contributed by atoms with E-state index in [1.807, 2.05) is 6.92 Å². The minimum absolute atomic E-state index is 0.0873. The monoisotopic (exact) mass is 406 g/mol. The van der Waals surface area contributed by atoms with Gasteiger partial charge in [-0.2, -0.15) is 5.10 Å². The zero-order chi connectivity index (χ0) is 20.6. The van der Waals surface area contributed by atoms with Crippen molar-refractivity contribution in [1.82, 2.24) is 15.5 Å². The molecule has 1 heterocycles. The van der Waals surface area contributed by atoms with Gasteiger partial charge in [0.25, 0.3) is 0 Å². The van der Waals surface area contributed by atoms with E-state index in [1.165, 1.54) is 18.4 Å². The molecule has 0 saturated carbocycles. The normalized spacial score (nSPS) is 11.9.